The molecule has 0 aromatic heterocycles. The molecule has 3 aliphatic carbocycles. The Hall–Kier alpha value is -1.75. The first kappa shape index (κ1) is 18.6. The van der Waals surface area contributed by atoms with E-state index in [0.29, 0.717) is 36.4 Å². The molecule has 2 N–H and O–H groups in total. The third-order valence-electron chi connectivity index (χ3n) is 6.86. The number of hydrogen-bond donors (Lipinski definition) is 1. The molecule has 0 aliphatic heterocycles. The van der Waals surface area contributed by atoms with Crippen LogP contribution in [0.15, 0.2) is 18.2 Å². The lowest BCUT2D eigenvalue weighted by Gasteiger charge is -2.44. The van der Waals surface area contributed by atoms with E-state index in [2.05, 4.69) is 4.90 Å². The van der Waals surface area contributed by atoms with E-state index >= 15 is 0 Å². The molecule has 0 saturated heterocycles. The molecule has 1 aromatic carbocycles. The predicted molar refractivity (Wildman–Crippen MR) is 105 cm³/mol. The van der Waals surface area contributed by atoms with Crippen molar-refractivity contribution >= 4 is 5.91 Å². The fourth-order valence-corrected chi connectivity index (χ4v) is 5.19. The van der Waals surface area contributed by atoms with Crippen LogP contribution in [0.4, 0.5) is 0 Å². The molecule has 3 saturated carbocycles. The van der Waals surface area contributed by atoms with Gasteiger partial charge in [0, 0.05) is 30.1 Å². The maximum absolute atomic E-state index is 13.5. The lowest BCUT2D eigenvalue weighted by atomic mass is 9.65. The van der Waals surface area contributed by atoms with Crippen molar-refractivity contribution in [3.63, 3.8) is 0 Å². The highest BCUT2D eigenvalue weighted by atomic mass is 16.5. The molecular formula is C22H32N2O3. The molecule has 148 valence electrons. The number of nitrogens with zero attached hydrogens (tertiary/aromatic N) is 1. The highest BCUT2D eigenvalue weighted by Crippen LogP contribution is 2.43. The van der Waals surface area contributed by atoms with Crippen LogP contribution in [0.1, 0.15) is 50.5 Å². The van der Waals surface area contributed by atoms with E-state index in [0.717, 1.165) is 42.7 Å². The number of nitrogens with two attached hydrogens (primary N) is 1. The Bertz CT molecular complexity index is 674. The van der Waals surface area contributed by atoms with Crippen molar-refractivity contribution in [1.82, 2.24) is 4.90 Å². The van der Waals surface area contributed by atoms with Gasteiger partial charge < -0.3 is 20.1 Å². The van der Waals surface area contributed by atoms with Crippen LogP contribution in [-0.4, -0.2) is 37.1 Å². The SMILES string of the molecule is COc1ccc(OC)c(CN(C(=O)C2CC3CCCC(C2)C3N)C2CC2)c1. The van der Waals surface area contributed by atoms with Crippen LogP contribution >= 0.6 is 0 Å². The van der Waals surface area contributed by atoms with Gasteiger partial charge in [0.05, 0.1) is 14.2 Å². The predicted octanol–water partition coefficient (Wildman–Crippen LogP) is 3.35. The molecule has 3 fully saturated rings. The van der Waals surface area contributed by atoms with Crippen LogP contribution in [0.3, 0.4) is 0 Å². The van der Waals surface area contributed by atoms with Crippen molar-refractivity contribution in [2.75, 3.05) is 14.2 Å². The number of carbonyl (C=O) groups excluding carboxylic acids is 1. The van der Waals surface area contributed by atoms with E-state index in [1.165, 1.54) is 19.3 Å². The molecule has 2 atom stereocenters. The molecule has 0 heterocycles. The molecule has 1 amide bonds. The van der Waals surface area contributed by atoms with Crippen molar-refractivity contribution in [3.8, 4) is 11.5 Å². The summed E-state index contributed by atoms with van der Waals surface area (Å²) in [5.74, 6) is 3.13. The molecule has 4 rings (SSSR count). The molecule has 2 bridgehead atoms. The zero-order chi connectivity index (χ0) is 19.0. The van der Waals surface area contributed by atoms with Gasteiger partial charge >= 0.3 is 0 Å². The Morgan fingerprint density at radius 2 is 1.81 bits per heavy atom. The van der Waals surface area contributed by atoms with Gasteiger partial charge in [0.25, 0.3) is 0 Å². The van der Waals surface area contributed by atoms with E-state index in [-0.39, 0.29) is 5.92 Å². The lowest BCUT2D eigenvalue weighted by molar-refractivity contribution is -0.140. The maximum Gasteiger partial charge on any atom is 0.226 e. The Labute approximate surface area is 162 Å². The Balaban J connectivity index is 1.52. The third kappa shape index (κ3) is 3.79. The maximum atomic E-state index is 13.5. The van der Waals surface area contributed by atoms with Crippen LogP contribution in [0.2, 0.25) is 0 Å². The largest absolute Gasteiger partial charge is 0.497 e. The highest BCUT2D eigenvalue weighted by molar-refractivity contribution is 5.80. The molecule has 0 radical (unpaired) electrons. The topological polar surface area (TPSA) is 64.8 Å². The summed E-state index contributed by atoms with van der Waals surface area (Å²) in [6.07, 6.45) is 7.80. The van der Waals surface area contributed by atoms with E-state index in [1.54, 1.807) is 14.2 Å². The Morgan fingerprint density at radius 3 is 2.41 bits per heavy atom. The number of benzene rings is 1. The average molecular weight is 373 g/mol. The third-order valence-corrected chi connectivity index (χ3v) is 6.86. The van der Waals surface area contributed by atoms with E-state index in [9.17, 15) is 4.79 Å². The summed E-state index contributed by atoms with van der Waals surface area (Å²) in [5, 5.41) is 0. The first-order valence-corrected chi connectivity index (χ1v) is 10.4. The molecule has 2 unspecified atom stereocenters. The molecule has 0 spiro atoms. The van der Waals surface area contributed by atoms with Crippen molar-refractivity contribution < 1.29 is 14.3 Å². The summed E-state index contributed by atoms with van der Waals surface area (Å²) < 4.78 is 10.9. The van der Waals surface area contributed by atoms with Gasteiger partial charge in [0.2, 0.25) is 5.91 Å². The van der Waals surface area contributed by atoms with Gasteiger partial charge in [-0.1, -0.05) is 6.42 Å². The number of methoxy groups -OCH3 is 2. The van der Waals surface area contributed by atoms with Gasteiger partial charge in [-0.15, -0.1) is 0 Å². The summed E-state index contributed by atoms with van der Waals surface area (Å²) in [6.45, 7) is 0.599. The Kier molecular flexibility index (Phi) is 5.31. The highest BCUT2D eigenvalue weighted by Gasteiger charge is 2.44. The second kappa shape index (κ2) is 7.70. The number of ether oxygens (including phenoxy) is 2. The molecule has 5 heteroatoms. The van der Waals surface area contributed by atoms with Gasteiger partial charge in [0.15, 0.2) is 0 Å². The van der Waals surface area contributed by atoms with Crippen LogP contribution in [0.5, 0.6) is 11.5 Å². The van der Waals surface area contributed by atoms with Crippen LogP contribution in [0.25, 0.3) is 0 Å². The first-order valence-electron chi connectivity index (χ1n) is 10.4. The van der Waals surface area contributed by atoms with Gasteiger partial charge in [-0.05, 0) is 68.6 Å². The minimum atomic E-state index is 0.136. The normalized spacial score (nSPS) is 29.9. The molecule has 1 aromatic rings. The quantitative estimate of drug-likeness (QED) is 0.832. The fraction of sp³-hybridized carbons (Fsp3) is 0.682. The average Bonchev–Trinajstić information content (AvgIpc) is 3.50. The van der Waals surface area contributed by atoms with E-state index in [4.69, 9.17) is 15.2 Å². The standard InChI is InChI=1S/C22H32N2O3/c1-26-19-8-9-20(27-2)17(12-19)13-24(18-6-7-18)22(25)16-10-14-4-3-5-15(11-16)21(14)23/h8-9,12,14-16,18,21H,3-7,10-11,13,23H2,1-2H3. The second-order valence-corrected chi connectivity index (χ2v) is 8.57. The van der Waals surface area contributed by atoms with Crippen LogP contribution in [0, 0.1) is 17.8 Å². The fourth-order valence-electron chi connectivity index (χ4n) is 5.19. The van der Waals surface area contributed by atoms with E-state index in [1.807, 2.05) is 18.2 Å². The van der Waals surface area contributed by atoms with Crippen LogP contribution < -0.4 is 15.2 Å². The molecule has 5 nitrogen and oxygen atoms in total. The number of hydrogen-bond acceptors (Lipinski definition) is 4. The Morgan fingerprint density at radius 1 is 1.11 bits per heavy atom. The van der Waals surface area contributed by atoms with Crippen molar-refractivity contribution in [2.45, 2.75) is 63.6 Å². The van der Waals surface area contributed by atoms with Crippen molar-refractivity contribution in [1.29, 1.82) is 0 Å². The van der Waals surface area contributed by atoms with Gasteiger partial charge in [-0.2, -0.15) is 0 Å². The zero-order valence-electron chi connectivity index (χ0n) is 16.5. The summed E-state index contributed by atoms with van der Waals surface area (Å²) >= 11 is 0. The summed E-state index contributed by atoms with van der Waals surface area (Å²) in [6, 6.07) is 6.50. The first-order chi connectivity index (χ1) is 13.1. The number of carbonyl (C=O) groups is 1. The number of fused-ring (bicyclic) bond motifs is 2. The minimum Gasteiger partial charge on any atom is -0.497 e. The summed E-state index contributed by atoms with van der Waals surface area (Å²) in [4.78, 5) is 15.6. The van der Waals surface area contributed by atoms with Crippen molar-refractivity contribution in [2.24, 2.45) is 23.5 Å². The monoisotopic (exact) mass is 372 g/mol. The zero-order valence-corrected chi connectivity index (χ0v) is 16.5. The van der Waals surface area contributed by atoms with Gasteiger partial charge in [0.1, 0.15) is 11.5 Å². The van der Waals surface area contributed by atoms with Crippen LogP contribution in [-0.2, 0) is 11.3 Å². The number of amides is 1. The number of rotatable bonds is 6. The lowest BCUT2D eigenvalue weighted by Crippen LogP contribution is -2.50. The summed E-state index contributed by atoms with van der Waals surface area (Å²) in [5.41, 5.74) is 7.45. The smallest absolute Gasteiger partial charge is 0.226 e. The molecule has 27 heavy (non-hydrogen) atoms. The molecular weight excluding hydrogens is 340 g/mol. The minimum absolute atomic E-state index is 0.136. The van der Waals surface area contributed by atoms with Gasteiger partial charge in [-0.3, -0.25) is 4.79 Å². The van der Waals surface area contributed by atoms with E-state index < -0.39 is 0 Å². The molecule has 3 aliphatic rings. The summed E-state index contributed by atoms with van der Waals surface area (Å²) in [7, 11) is 3.34. The van der Waals surface area contributed by atoms with Gasteiger partial charge in [-0.25, -0.2) is 0 Å². The van der Waals surface area contributed by atoms with Crippen molar-refractivity contribution in [3.05, 3.63) is 23.8 Å². The second-order valence-electron chi connectivity index (χ2n) is 8.57.